The van der Waals surface area contributed by atoms with Crippen LogP contribution in [0, 0.1) is 13.8 Å². The molecule has 0 aliphatic carbocycles. The molecule has 2 heteroatoms. The Hall–Kier alpha value is -2.06. The van der Waals surface area contributed by atoms with Crippen LogP contribution in [0.3, 0.4) is 0 Å². The Bertz CT molecular complexity index is 713. The quantitative estimate of drug-likeness (QED) is 0.744. The maximum absolute atomic E-state index is 6.33. The zero-order valence-corrected chi connectivity index (χ0v) is 11.2. The second kappa shape index (κ2) is 4.56. The van der Waals surface area contributed by atoms with Crippen LogP contribution < -0.4 is 5.73 Å². The summed E-state index contributed by atoms with van der Waals surface area (Å²) in [5.74, 6) is 0.854. The summed E-state index contributed by atoms with van der Waals surface area (Å²) >= 11 is 0. The van der Waals surface area contributed by atoms with E-state index in [1.165, 1.54) is 5.56 Å². The molecule has 0 saturated carbocycles. The van der Waals surface area contributed by atoms with Crippen LogP contribution in [0.5, 0.6) is 0 Å². The van der Waals surface area contributed by atoms with Crippen LogP contribution in [0.15, 0.2) is 52.9 Å². The van der Waals surface area contributed by atoms with E-state index in [1.54, 1.807) is 0 Å². The second-order valence-corrected chi connectivity index (χ2v) is 4.98. The molecule has 96 valence electrons. The largest absolute Gasteiger partial charge is 0.459 e. The van der Waals surface area contributed by atoms with Crippen molar-refractivity contribution in [2.24, 2.45) is 5.73 Å². The van der Waals surface area contributed by atoms with E-state index in [9.17, 15) is 0 Å². The topological polar surface area (TPSA) is 39.2 Å². The zero-order valence-electron chi connectivity index (χ0n) is 11.2. The Morgan fingerprint density at radius 2 is 1.74 bits per heavy atom. The molecule has 0 bridgehead atoms. The molecule has 2 aromatic carbocycles. The second-order valence-electron chi connectivity index (χ2n) is 4.98. The summed E-state index contributed by atoms with van der Waals surface area (Å²) < 4.78 is 5.97. The molecular formula is C17H17NO. The van der Waals surface area contributed by atoms with Gasteiger partial charge in [-0.3, -0.25) is 0 Å². The molecule has 0 saturated heterocycles. The summed E-state index contributed by atoms with van der Waals surface area (Å²) in [6, 6.07) is 16.1. The van der Waals surface area contributed by atoms with E-state index >= 15 is 0 Å². The monoisotopic (exact) mass is 251 g/mol. The van der Waals surface area contributed by atoms with Crippen molar-refractivity contribution in [1.82, 2.24) is 0 Å². The molecule has 3 rings (SSSR count). The summed E-state index contributed by atoms with van der Waals surface area (Å²) in [7, 11) is 0. The summed E-state index contributed by atoms with van der Waals surface area (Å²) in [5, 5.41) is 1.15. The van der Waals surface area contributed by atoms with Gasteiger partial charge in [0.25, 0.3) is 0 Å². The van der Waals surface area contributed by atoms with Crippen molar-refractivity contribution in [1.29, 1.82) is 0 Å². The Kier molecular flexibility index (Phi) is 2.88. The fourth-order valence-electron chi connectivity index (χ4n) is 2.46. The van der Waals surface area contributed by atoms with Crippen molar-refractivity contribution in [2.75, 3.05) is 0 Å². The van der Waals surface area contributed by atoms with E-state index in [0.717, 1.165) is 27.9 Å². The molecule has 1 heterocycles. The summed E-state index contributed by atoms with van der Waals surface area (Å²) in [4.78, 5) is 0. The number of fused-ring (bicyclic) bond motifs is 1. The van der Waals surface area contributed by atoms with Crippen LogP contribution in [0.4, 0.5) is 0 Å². The van der Waals surface area contributed by atoms with E-state index in [2.05, 4.69) is 32.0 Å². The fourth-order valence-corrected chi connectivity index (χ4v) is 2.46. The van der Waals surface area contributed by atoms with Crippen LogP contribution in [0.1, 0.15) is 28.5 Å². The van der Waals surface area contributed by atoms with Gasteiger partial charge in [0.15, 0.2) is 0 Å². The van der Waals surface area contributed by atoms with E-state index in [4.69, 9.17) is 10.2 Å². The lowest BCUT2D eigenvalue weighted by Crippen LogP contribution is -2.11. The smallest absolute Gasteiger partial charge is 0.134 e. The highest BCUT2D eigenvalue weighted by Crippen LogP contribution is 2.31. The molecule has 0 aliphatic rings. The Labute approximate surface area is 112 Å². The number of hydrogen-bond acceptors (Lipinski definition) is 2. The van der Waals surface area contributed by atoms with Gasteiger partial charge in [-0.2, -0.15) is 0 Å². The van der Waals surface area contributed by atoms with Gasteiger partial charge in [-0.05, 0) is 31.0 Å². The van der Waals surface area contributed by atoms with Crippen molar-refractivity contribution in [3.05, 3.63) is 71.0 Å². The van der Waals surface area contributed by atoms with Crippen molar-refractivity contribution >= 4 is 11.0 Å². The first-order valence-corrected chi connectivity index (χ1v) is 6.47. The minimum absolute atomic E-state index is 0.214. The van der Waals surface area contributed by atoms with E-state index in [1.807, 2.05) is 30.3 Å². The normalized spacial score (nSPS) is 12.8. The van der Waals surface area contributed by atoms with Crippen molar-refractivity contribution in [2.45, 2.75) is 19.9 Å². The summed E-state index contributed by atoms with van der Waals surface area (Å²) in [6.07, 6.45) is 0. The first kappa shape index (κ1) is 12.0. The fraction of sp³-hybridized carbons (Fsp3) is 0.176. The maximum atomic E-state index is 6.33. The number of nitrogens with two attached hydrogens (primary N) is 1. The molecule has 0 aliphatic heterocycles. The molecule has 2 nitrogen and oxygen atoms in total. The van der Waals surface area contributed by atoms with E-state index < -0.39 is 0 Å². The molecule has 1 atom stereocenters. The highest BCUT2D eigenvalue weighted by Gasteiger charge is 2.18. The van der Waals surface area contributed by atoms with Crippen LogP contribution in [0.25, 0.3) is 11.0 Å². The van der Waals surface area contributed by atoms with E-state index in [0.29, 0.717) is 0 Å². The van der Waals surface area contributed by atoms with Gasteiger partial charge in [-0.1, -0.05) is 42.5 Å². The third kappa shape index (κ3) is 2.04. The Balaban J connectivity index is 2.13. The average Bonchev–Trinajstić information content (AvgIpc) is 2.75. The third-order valence-electron chi connectivity index (χ3n) is 3.57. The van der Waals surface area contributed by atoms with Gasteiger partial charge >= 0.3 is 0 Å². The molecule has 1 unspecified atom stereocenters. The first-order chi connectivity index (χ1) is 9.16. The van der Waals surface area contributed by atoms with Crippen molar-refractivity contribution < 1.29 is 4.42 Å². The molecule has 3 aromatic rings. The first-order valence-electron chi connectivity index (χ1n) is 6.47. The highest BCUT2D eigenvalue weighted by atomic mass is 16.3. The average molecular weight is 251 g/mol. The third-order valence-corrected chi connectivity index (χ3v) is 3.57. The van der Waals surface area contributed by atoms with Gasteiger partial charge in [-0.25, -0.2) is 0 Å². The lowest BCUT2D eigenvalue weighted by Gasteiger charge is -2.09. The Morgan fingerprint density at radius 1 is 1.00 bits per heavy atom. The van der Waals surface area contributed by atoms with Gasteiger partial charge in [0.2, 0.25) is 0 Å². The van der Waals surface area contributed by atoms with E-state index in [-0.39, 0.29) is 6.04 Å². The molecule has 0 amide bonds. The summed E-state index contributed by atoms with van der Waals surface area (Å²) in [5.41, 5.74) is 10.6. The molecule has 19 heavy (non-hydrogen) atoms. The van der Waals surface area contributed by atoms with Crippen LogP contribution in [-0.2, 0) is 0 Å². The van der Waals surface area contributed by atoms with Gasteiger partial charge < -0.3 is 10.2 Å². The summed E-state index contributed by atoms with van der Waals surface area (Å²) in [6.45, 7) is 4.13. The molecular weight excluding hydrogens is 234 g/mol. The number of benzene rings is 2. The maximum Gasteiger partial charge on any atom is 0.134 e. The number of furan rings is 1. The highest BCUT2D eigenvalue weighted by molar-refractivity contribution is 5.83. The van der Waals surface area contributed by atoms with Gasteiger partial charge in [0, 0.05) is 10.9 Å². The number of aryl methyl sites for hydroxylation is 2. The number of hydrogen-bond donors (Lipinski definition) is 1. The standard InChI is InChI=1S/C17H17NO/c1-11-8-9-14-12(2)17(19-15(14)10-11)16(18)13-6-4-3-5-7-13/h3-10,16H,18H2,1-2H3. The molecule has 0 spiro atoms. The predicted octanol–water partition coefficient (Wildman–Crippen LogP) is 4.10. The van der Waals surface area contributed by atoms with Gasteiger partial charge in [-0.15, -0.1) is 0 Å². The zero-order chi connectivity index (χ0) is 13.4. The Morgan fingerprint density at radius 3 is 2.47 bits per heavy atom. The van der Waals surface area contributed by atoms with Crippen LogP contribution in [0.2, 0.25) is 0 Å². The van der Waals surface area contributed by atoms with Crippen molar-refractivity contribution in [3.63, 3.8) is 0 Å². The van der Waals surface area contributed by atoms with Crippen LogP contribution >= 0.6 is 0 Å². The lowest BCUT2D eigenvalue weighted by molar-refractivity contribution is 0.521. The van der Waals surface area contributed by atoms with Gasteiger partial charge in [0.05, 0.1) is 6.04 Å². The minimum Gasteiger partial charge on any atom is -0.459 e. The molecule has 0 radical (unpaired) electrons. The van der Waals surface area contributed by atoms with Gasteiger partial charge in [0.1, 0.15) is 11.3 Å². The van der Waals surface area contributed by atoms with Crippen LogP contribution in [-0.4, -0.2) is 0 Å². The number of rotatable bonds is 2. The predicted molar refractivity (Wildman–Crippen MR) is 78.2 cm³/mol. The van der Waals surface area contributed by atoms with Crippen molar-refractivity contribution in [3.8, 4) is 0 Å². The minimum atomic E-state index is -0.214. The SMILES string of the molecule is Cc1ccc2c(C)c(C(N)c3ccccc3)oc2c1. The molecule has 2 N–H and O–H groups in total. The molecule has 1 aromatic heterocycles. The molecule has 0 fully saturated rings. The lowest BCUT2D eigenvalue weighted by atomic mass is 10.0.